The fourth-order valence-corrected chi connectivity index (χ4v) is 12.3. The van der Waals surface area contributed by atoms with Crippen molar-refractivity contribution in [1.29, 1.82) is 0 Å². The quantitative estimate of drug-likeness (QED) is 0.165. The van der Waals surface area contributed by atoms with Crippen molar-refractivity contribution < 1.29 is 4.74 Å². The lowest BCUT2D eigenvalue weighted by Crippen LogP contribution is -2.60. The Bertz CT molecular complexity index is 3520. The SMILES string of the molecule is Cc1cc(C)c(-c2cc3c4c(c2)N(c2ccc(C(C)(C)C)cc2)c2c(cc5c(sc6ccccc65)c2-n2c5ccccc5c5ccccc52)B4c2cc(C(C)(C)C)ccc2O3)c(C)c1. The van der Waals surface area contributed by atoms with Crippen molar-refractivity contribution in [2.24, 2.45) is 0 Å². The Morgan fingerprint density at radius 3 is 1.80 bits per heavy atom. The van der Waals surface area contributed by atoms with E-state index >= 15 is 0 Å². The minimum atomic E-state index is -0.0969. The molecule has 0 fully saturated rings. The van der Waals surface area contributed by atoms with E-state index in [1.54, 1.807) is 0 Å². The smallest absolute Gasteiger partial charge is 0.256 e. The Morgan fingerprint density at radius 1 is 0.531 bits per heavy atom. The maximum Gasteiger partial charge on any atom is 0.256 e. The number of thiophene rings is 1. The van der Waals surface area contributed by atoms with E-state index in [4.69, 9.17) is 4.74 Å². The van der Waals surface area contributed by atoms with E-state index in [1.807, 2.05) is 11.3 Å². The number of aromatic nitrogens is 1. The van der Waals surface area contributed by atoms with Gasteiger partial charge in [-0.3, -0.25) is 0 Å². The number of rotatable bonds is 3. The first-order valence-electron chi connectivity index (χ1n) is 22.7. The molecule has 0 N–H and O–H groups in total. The number of aryl methyl sites for hydroxylation is 3. The second-order valence-electron chi connectivity index (χ2n) is 20.4. The normalized spacial score (nSPS) is 13.5. The van der Waals surface area contributed by atoms with E-state index < -0.39 is 0 Å². The number of hydrogen-bond acceptors (Lipinski definition) is 3. The Balaban J connectivity index is 1.30. The number of anilines is 3. The van der Waals surface area contributed by atoms with E-state index in [1.165, 1.54) is 109 Å². The van der Waals surface area contributed by atoms with Crippen LogP contribution < -0.4 is 26.0 Å². The highest BCUT2D eigenvalue weighted by Gasteiger charge is 2.45. The second-order valence-corrected chi connectivity index (χ2v) is 21.4. The van der Waals surface area contributed by atoms with Gasteiger partial charge >= 0.3 is 0 Å². The topological polar surface area (TPSA) is 17.4 Å². The number of benzene rings is 8. The Labute approximate surface area is 380 Å². The summed E-state index contributed by atoms with van der Waals surface area (Å²) >= 11 is 1.91. The van der Waals surface area contributed by atoms with Crippen LogP contribution >= 0.6 is 11.3 Å². The fourth-order valence-electron chi connectivity index (χ4n) is 11.1. The van der Waals surface area contributed by atoms with Gasteiger partial charge in [-0.15, -0.1) is 11.3 Å². The molecule has 4 heterocycles. The van der Waals surface area contributed by atoms with Gasteiger partial charge < -0.3 is 14.2 Å². The molecule has 0 spiro atoms. The summed E-state index contributed by atoms with van der Waals surface area (Å²) in [5.74, 6) is 1.84. The molecule has 0 saturated carbocycles. The summed E-state index contributed by atoms with van der Waals surface area (Å²) in [7, 11) is 0. The van der Waals surface area contributed by atoms with Gasteiger partial charge in [0.05, 0.1) is 27.1 Å². The van der Waals surface area contributed by atoms with Crippen LogP contribution in [-0.4, -0.2) is 11.3 Å². The molecule has 5 heteroatoms. The van der Waals surface area contributed by atoms with Crippen LogP contribution in [0, 0.1) is 20.8 Å². The van der Waals surface area contributed by atoms with Crippen molar-refractivity contribution >= 4 is 93.5 Å². The molecule has 64 heavy (non-hydrogen) atoms. The molecular formula is C59H51BN2OS. The van der Waals surface area contributed by atoms with Gasteiger partial charge in [-0.1, -0.05) is 144 Å². The summed E-state index contributed by atoms with van der Waals surface area (Å²) in [4.78, 5) is 2.60. The van der Waals surface area contributed by atoms with Gasteiger partial charge in [0.15, 0.2) is 0 Å². The van der Waals surface area contributed by atoms with Crippen molar-refractivity contribution in [1.82, 2.24) is 4.57 Å². The molecule has 0 bridgehead atoms. The van der Waals surface area contributed by atoms with Crippen LogP contribution in [0.25, 0.3) is 58.8 Å². The number of para-hydroxylation sites is 2. The molecule has 2 aliphatic rings. The summed E-state index contributed by atoms with van der Waals surface area (Å²) in [6, 6.07) is 55.3. The Kier molecular flexibility index (Phi) is 8.38. The van der Waals surface area contributed by atoms with Gasteiger partial charge in [0.2, 0.25) is 0 Å². The van der Waals surface area contributed by atoms with Gasteiger partial charge in [-0.25, -0.2) is 0 Å². The van der Waals surface area contributed by atoms with Crippen LogP contribution in [0.3, 0.4) is 0 Å². The highest BCUT2D eigenvalue weighted by molar-refractivity contribution is 7.26. The van der Waals surface area contributed by atoms with E-state index in [0.29, 0.717) is 0 Å². The standard InChI is InChI=1S/C59H51BN2OS/c1-34-28-35(2)53(36(3)29-34)37-30-49-54-51(31-37)63-50-27-24-39(59(7,8)9)32-45(50)60(54)46-33-44-43-18-12-15-21-52(43)64-57(44)56(55(46)61(49)40-25-22-38(23-26-40)58(4,5)6)62-47-19-13-10-16-41(47)42-17-11-14-20-48(42)62/h10-33H,1-9H3. The maximum absolute atomic E-state index is 7.25. The summed E-state index contributed by atoms with van der Waals surface area (Å²) in [6.07, 6.45) is 0. The summed E-state index contributed by atoms with van der Waals surface area (Å²) in [5, 5.41) is 5.08. The minimum absolute atomic E-state index is 0.00267. The lowest BCUT2D eigenvalue weighted by Gasteiger charge is -2.42. The lowest BCUT2D eigenvalue weighted by atomic mass is 9.33. The van der Waals surface area contributed by atoms with Crippen molar-refractivity contribution in [2.45, 2.75) is 73.1 Å². The predicted molar refractivity (Wildman–Crippen MR) is 277 cm³/mol. The van der Waals surface area contributed by atoms with Crippen molar-refractivity contribution in [3.8, 4) is 28.3 Å². The zero-order valence-electron chi connectivity index (χ0n) is 38.1. The maximum atomic E-state index is 7.25. The van der Waals surface area contributed by atoms with Crippen LogP contribution in [-0.2, 0) is 10.8 Å². The summed E-state index contributed by atoms with van der Waals surface area (Å²) in [6.45, 7) is 20.5. The van der Waals surface area contributed by atoms with Crippen molar-refractivity contribution in [2.75, 3.05) is 4.90 Å². The van der Waals surface area contributed by atoms with E-state index in [-0.39, 0.29) is 17.5 Å². The van der Waals surface area contributed by atoms with E-state index in [0.717, 1.165) is 22.9 Å². The van der Waals surface area contributed by atoms with Crippen LogP contribution in [0.15, 0.2) is 146 Å². The number of fused-ring (bicyclic) bond motifs is 10. The summed E-state index contributed by atoms with van der Waals surface area (Å²) < 4.78 is 12.4. The van der Waals surface area contributed by atoms with Gasteiger partial charge in [0.1, 0.15) is 11.5 Å². The Morgan fingerprint density at radius 2 is 1.14 bits per heavy atom. The molecule has 0 radical (unpaired) electrons. The van der Waals surface area contributed by atoms with Crippen molar-refractivity contribution in [3.63, 3.8) is 0 Å². The van der Waals surface area contributed by atoms with Crippen LogP contribution in [0.4, 0.5) is 17.1 Å². The molecule has 12 rings (SSSR count). The fraction of sp³-hybridized carbons (Fsp3) is 0.186. The molecule has 2 aromatic heterocycles. The average Bonchev–Trinajstić information content (AvgIpc) is 3.80. The van der Waals surface area contributed by atoms with Gasteiger partial charge in [-0.2, -0.15) is 0 Å². The highest BCUT2D eigenvalue weighted by Crippen LogP contribution is 2.51. The third-order valence-electron chi connectivity index (χ3n) is 14.0. The predicted octanol–water partition coefficient (Wildman–Crippen LogP) is 14.7. The molecule has 8 aromatic carbocycles. The molecule has 0 amide bonds. The largest absolute Gasteiger partial charge is 0.458 e. The molecule has 0 saturated heterocycles. The van der Waals surface area contributed by atoms with Crippen LogP contribution in [0.1, 0.15) is 69.4 Å². The first-order valence-corrected chi connectivity index (χ1v) is 23.5. The third kappa shape index (κ3) is 5.72. The van der Waals surface area contributed by atoms with Gasteiger partial charge in [0, 0.05) is 37.6 Å². The zero-order chi connectivity index (χ0) is 44.0. The highest BCUT2D eigenvalue weighted by atomic mass is 32.1. The van der Waals surface area contributed by atoms with Gasteiger partial charge in [-0.05, 0) is 130 Å². The lowest BCUT2D eigenvalue weighted by molar-refractivity contribution is 0.486. The van der Waals surface area contributed by atoms with Crippen LogP contribution in [0.2, 0.25) is 0 Å². The monoisotopic (exact) mass is 846 g/mol. The number of ether oxygens (including phenoxy) is 1. The molecule has 2 aliphatic heterocycles. The molecular weight excluding hydrogens is 796 g/mol. The molecule has 3 nitrogen and oxygen atoms in total. The van der Waals surface area contributed by atoms with E-state index in [2.05, 4.69) is 217 Å². The molecule has 0 aliphatic carbocycles. The van der Waals surface area contributed by atoms with E-state index in [9.17, 15) is 0 Å². The summed E-state index contributed by atoms with van der Waals surface area (Å²) in [5.41, 5.74) is 19.6. The first-order chi connectivity index (χ1) is 30.7. The van der Waals surface area contributed by atoms with Gasteiger partial charge in [0.25, 0.3) is 6.71 Å². The van der Waals surface area contributed by atoms with Crippen LogP contribution in [0.5, 0.6) is 11.5 Å². The number of nitrogens with zero attached hydrogens (tertiary/aromatic N) is 2. The average molecular weight is 847 g/mol. The molecule has 0 unspecified atom stereocenters. The second kappa shape index (κ2) is 13.7. The minimum Gasteiger partial charge on any atom is -0.458 e. The zero-order valence-corrected chi connectivity index (χ0v) is 39.0. The Hall–Kier alpha value is -6.56. The number of hydrogen-bond donors (Lipinski definition) is 0. The molecule has 10 aromatic rings. The molecule has 0 atom stereocenters. The van der Waals surface area contributed by atoms with Crippen molar-refractivity contribution in [3.05, 3.63) is 173 Å². The molecule has 312 valence electrons. The third-order valence-corrected chi connectivity index (χ3v) is 15.2. The first kappa shape index (κ1) is 39.1.